The maximum absolute atomic E-state index is 12.8. The van der Waals surface area contributed by atoms with Crippen molar-refractivity contribution in [2.75, 3.05) is 17.2 Å². The molecule has 0 aromatic heterocycles. The van der Waals surface area contributed by atoms with Crippen molar-refractivity contribution in [2.24, 2.45) is 0 Å². The lowest BCUT2D eigenvalue weighted by atomic mass is 10.1. The molecule has 0 saturated carbocycles. The standard InChI is InChI=1S/C18H20FN3O2/c1-12-16(4-3-5-17(12)22-13(2)23)20-11-18(24)21-10-14-6-8-15(19)9-7-14/h3-9,20H,10-11H2,1-2H3,(H,21,24)(H,22,23). The van der Waals surface area contributed by atoms with E-state index in [-0.39, 0.29) is 24.2 Å². The van der Waals surface area contributed by atoms with Crippen molar-refractivity contribution >= 4 is 23.2 Å². The molecule has 0 bridgehead atoms. The second-order valence-corrected chi connectivity index (χ2v) is 5.42. The van der Waals surface area contributed by atoms with Crippen LogP contribution in [-0.2, 0) is 16.1 Å². The van der Waals surface area contributed by atoms with Gasteiger partial charge in [-0.15, -0.1) is 0 Å². The molecule has 0 atom stereocenters. The van der Waals surface area contributed by atoms with Crippen LogP contribution in [0.15, 0.2) is 42.5 Å². The molecule has 2 amide bonds. The average Bonchev–Trinajstić information content (AvgIpc) is 2.55. The van der Waals surface area contributed by atoms with E-state index >= 15 is 0 Å². The van der Waals surface area contributed by atoms with Gasteiger partial charge in [0.2, 0.25) is 11.8 Å². The predicted molar refractivity (Wildman–Crippen MR) is 92.2 cm³/mol. The Kier molecular flexibility index (Phi) is 5.89. The van der Waals surface area contributed by atoms with Crippen LogP contribution in [0.4, 0.5) is 15.8 Å². The first-order valence-corrected chi connectivity index (χ1v) is 7.58. The number of nitrogens with one attached hydrogen (secondary N) is 3. The summed E-state index contributed by atoms with van der Waals surface area (Å²) in [5.41, 5.74) is 3.17. The smallest absolute Gasteiger partial charge is 0.239 e. The number of benzene rings is 2. The summed E-state index contributed by atoms with van der Waals surface area (Å²) in [6.07, 6.45) is 0. The first-order chi connectivity index (χ1) is 11.5. The molecule has 126 valence electrons. The van der Waals surface area contributed by atoms with E-state index in [0.717, 1.165) is 16.8 Å². The Balaban J connectivity index is 1.87. The van der Waals surface area contributed by atoms with Gasteiger partial charge in [0.15, 0.2) is 0 Å². The van der Waals surface area contributed by atoms with Crippen LogP contribution in [0.3, 0.4) is 0 Å². The third-order valence-electron chi connectivity index (χ3n) is 3.49. The van der Waals surface area contributed by atoms with Crippen LogP contribution in [0.2, 0.25) is 0 Å². The van der Waals surface area contributed by atoms with E-state index in [0.29, 0.717) is 12.2 Å². The first kappa shape index (κ1) is 17.5. The third-order valence-corrected chi connectivity index (χ3v) is 3.49. The molecule has 24 heavy (non-hydrogen) atoms. The van der Waals surface area contributed by atoms with Crippen molar-refractivity contribution in [3.8, 4) is 0 Å². The molecule has 0 aliphatic heterocycles. The fourth-order valence-electron chi connectivity index (χ4n) is 2.19. The molecule has 0 saturated heterocycles. The number of carbonyl (C=O) groups is 2. The predicted octanol–water partition coefficient (Wildman–Crippen LogP) is 2.82. The molecule has 0 aliphatic carbocycles. The minimum Gasteiger partial charge on any atom is -0.376 e. The molecular weight excluding hydrogens is 309 g/mol. The summed E-state index contributed by atoms with van der Waals surface area (Å²) in [7, 11) is 0. The molecule has 0 aliphatic rings. The highest BCUT2D eigenvalue weighted by atomic mass is 19.1. The molecule has 0 unspecified atom stereocenters. The normalized spacial score (nSPS) is 10.1. The van der Waals surface area contributed by atoms with E-state index < -0.39 is 0 Å². The highest BCUT2D eigenvalue weighted by molar-refractivity contribution is 5.91. The zero-order chi connectivity index (χ0) is 17.5. The van der Waals surface area contributed by atoms with Crippen LogP contribution in [0.5, 0.6) is 0 Å². The highest BCUT2D eigenvalue weighted by Gasteiger charge is 2.07. The minimum atomic E-state index is -0.304. The first-order valence-electron chi connectivity index (χ1n) is 7.58. The van der Waals surface area contributed by atoms with E-state index in [4.69, 9.17) is 0 Å². The molecular formula is C18H20FN3O2. The minimum absolute atomic E-state index is 0.103. The summed E-state index contributed by atoms with van der Waals surface area (Å²) < 4.78 is 12.8. The largest absolute Gasteiger partial charge is 0.376 e. The van der Waals surface area contributed by atoms with E-state index in [1.165, 1.54) is 19.1 Å². The molecule has 2 aromatic carbocycles. The van der Waals surface area contributed by atoms with Gasteiger partial charge >= 0.3 is 0 Å². The fourth-order valence-corrected chi connectivity index (χ4v) is 2.19. The topological polar surface area (TPSA) is 70.2 Å². The number of amides is 2. The van der Waals surface area contributed by atoms with Crippen LogP contribution in [0, 0.1) is 12.7 Å². The lowest BCUT2D eigenvalue weighted by Crippen LogP contribution is -2.29. The van der Waals surface area contributed by atoms with Crippen molar-refractivity contribution in [1.82, 2.24) is 5.32 Å². The lowest BCUT2D eigenvalue weighted by molar-refractivity contribution is -0.119. The maximum atomic E-state index is 12.8. The number of anilines is 2. The summed E-state index contributed by atoms with van der Waals surface area (Å²) in [4.78, 5) is 23.1. The molecule has 3 N–H and O–H groups in total. The van der Waals surface area contributed by atoms with Gasteiger partial charge in [-0.3, -0.25) is 9.59 Å². The summed E-state index contributed by atoms with van der Waals surface area (Å²) in [6.45, 7) is 3.75. The number of rotatable bonds is 6. The molecule has 0 heterocycles. The number of carbonyl (C=O) groups excluding carboxylic acids is 2. The molecule has 0 spiro atoms. The quantitative estimate of drug-likeness (QED) is 0.763. The van der Waals surface area contributed by atoms with Crippen LogP contribution >= 0.6 is 0 Å². The van der Waals surface area contributed by atoms with E-state index in [1.807, 2.05) is 13.0 Å². The SMILES string of the molecule is CC(=O)Nc1cccc(NCC(=O)NCc2ccc(F)cc2)c1C. The number of hydrogen-bond acceptors (Lipinski definition) is 3. The van der Waals surface area contributed by atoms with Gasteiger partial charge in [0.05, 0.1) is 6.54 Å². The van der Waals surface area contributed by atoms with Crippen LogP contribution in [0.1, 0.15) is 18.1 Å². The molecule has 0 fully saturated rings. The van der Waals surface area contributed by atoms with Gasteiger partial charge in [0.1, 0.15) is 5.82 Å². The van der Waals surface area contributed by atoms with Gasteiger partial charge in [0.25, 0.3) is 0 Å². The second kappa shape index (κ2) is 8.10. The second-order valence-electron chi connectivity index (χ2n) is 5.42. The summed E-state index contributed by atoms with van der Waals surface area (Å²) in [5.74, 6) is -0.628. The van der Waals surface area contributed by atoms with Gasteiger partial charge in [-0.25, -0.2) is 4.39 Å². The highest BCUT2D eigenvalue weighted by Crippen LogP contribution is 2.23. The van der Waals surface area contributed by atoms with Crippen LogP contribution in [-0.4, -0.2) is 18.4 Å². The van der Waals surface area contributed by atoms with Gasteiger partial charge in [0, 0.05) is 24.8 Å². The number of halogens is 1. The van der Waals surface area contributed by atoms with Crippen molar-refractivity contribution in [1.29, 1.82) is 0 Å². The lowest BCUT2D eigenvalue weighted by Gasteiger charge is -2.13. The number of hydrogen-bond donors (Lipinski definition) is 3. The van der Waals surface area contributed by atoms with Gasteiger partial charge in [-0.05, 0) is 42.3 Å². The Hall–Kier alpha value is -2.89. The molecule has 2 rings (SSSR count). The Morgan fingerprint density at radius 2 is 1.71 bits per heavy atom. The molecule has 5 nitrogen and oxygen atoms in total. The Morgan fingerprint density at radius 1 is 1.04 bits per heavy atom. The Bertz CT molecular complexity index is 730. The van der Waals surface area contributed by atoms with E-state index in [1.54, 1.807) is 24.3 Å². The van der Waals surface area contributed by atoms with Gasteiger partial charge in [-0.1, -0.05) is 18.2 Å². The summed E-state index contributed by atoms with van der Waals surface area (Å²) in [6, 6.07) is 11.4. The van der Waals surface area contributed by atoms with Crippen molar-refractivity contribution in [2.45, 2.75) is 20.4 Å². The molecule has 6 heteroatoms. The van der Waals surface area contributed by atoms with Gasteiger partial charge in [-0.2, -0.15) is 0 Å². The van der Waals surface area contributed by atoms with Crippen LogP contribution in [0.25, 0.3) is 0 Å². The van der Waals surface area contributed by atoms with E-state index in [2.05, 4.69) is 16.0 Å². The van der Waals surface area contributed by atoms with E-state index in [9.17, 15) is 14.0 Å². The van der Waals surface area contributed by atoms with Crippen molar-refractivity contribution in [3.63, 3.8) is 0 Å². The van der Waals surface area contributed by atoms with Crippen molar-refractivity contribution < 1.29 is 14.0 Å². The monoisotopic (exact) mass is 329 g/mol. The summed E-state index contributed by atoms with van der Waals surface area (Å²) in [5, 5.41) is 8.55. The Morgan fingerprint density at radius 3 is 2.38 bits per heavy atom. The van der Waals surface area contributed by atoms with Crippen molar-refractivity contribution in [3.05, 3.63) is 59.4 Å². The van der Waals surface area contributed by atoms with Gasteiger partial charge < -0.3 is 16.0 Å². The van der Waals surface area contributed by atoms with Crippen LogP contribution < -0.4 is 16.0 Å². The maximum Gasteiger partial charge on any atom is 0.239 e. The zero-order valence-corrected chi connectivity index (χ0v) is 13.7. The molecule has 2 aromatic rings. The average molecular weight is 329 g/mol. The fraction of sp³-hybridized carbons (Fsp3) is 0.222. The molecule has 0 radical (unpaired) electrons. The third kappa shape index (κ3) is 5.08. The zero-order valence-electron chi connectivity index (χ0n) is 13.7. The Labute approximate surface area is 140 Å². The summed E-state index contributed by atoms with van der Waals surface area (Å²) >= 11 is 0.